The van der Waals surface area contributed by atoms with Gasteiger partial charge in [0.1, 0.15) is 11.9 Å². The van der Waals surface area contributed by atoms with E-state index in [4.69, 9.17) is 15.9 Å². The van der Waals surface area contributed by atoms with E-state index in [1.54, 1.807) is 6.92 Å². The molecule has 0 aliphatic carbocycles. The zero-order chi connectivity index (χ0) is 21.8. The Kier molecular flexibility index (Phi) is 10.9. The minimum atomic E-state index is -1.04. The van der Waals surface area contributed by atoms with Gasteiger partial charge in [-0.05, 0) is 38.3 Å². The lowest BCUT2D eigenvalue weighted by Crippen LogP contribution is -2.43. The molecule has 0 spiro atoms. The van der Waals surface area contributed by atoms with Crippen molar-refractivity contribution in [2.24, 2.45) is 5.73 Å². The number of unbranched alkanes of at least 4 members (excludes halogenated alkanes) is 1. The molecule has 159 valence electrons. The summed E-state index contributed by atoms with van der Waals surface area (Å²) in [5.41, 5.74) is 5.51. The summed E-state index contributed by atoms with van der Waals surface area (Å²) in [6, 6.07) is 2.63. The number of carbonyl (C=O) groups excluding carboxylic acids is 2. The molecule has 1 rings (SSSR count). The Morgan fingerprint density at radius 1 is 1.24 bits per heavy atom. The first-order valence-corrected chi connectivity index (χ1v) is 9.28. The minimum Gasteiger partial charge on any atom is -0.480 e. The summed E-state index contributed by atoms with van der Waals surface area (Å²) in [7, 11) is 0.743. The molecule has 0 bridgehead atoms. The van der Waals surface area contributed by atoms with E-state index in [2.05, 4.69) is 16.0 Å². The number of aliphatic carboxylic acids is 1. The lowest BCUT2D eigenvalue weighted by atomic mass is 9.88. The summed E-state index contributed by atoms with van der Waals surface area (Å²) < 4.78 is 13.8. The largest absolute Gasteiger partial charge is 0.480 e. The molecule has 2 amide bonds. The number of carboxylic acids is 1. The molecule has 7 N–H and O–H groups in total. The molecule has 0 aliphatic heterocycles. The summed E-state index contributed by atoms with van der Waals surface area (Å²) >= 11 is 0. The van der Waals surface area contributed by atoms with Crippen molar-refractivity contribution in [3.63, 3.8) is 0 Å². The highest BCUT2D eigenvalue weighted by atomic mass is 19.1. The van der Waals surface area contributed by atoms with Crippen LogP contribution in [0.1, 0.15) is 36.5 Å². The van der Waals surface area contributed by atoms with Gasteiger partial charge in [0, 0.05) is 19.1 Å². The second kappa shape index (κ2) is 12.9. The van der Waals surface area contributed by atoms with E-state index >= 15 is 0 Å². The second-order valence-electron chi connectivity index (χ2n) is 6.65. The molecule has 9 nitrogen and oxygen atoms in total. The lowest BCUT2D eigenvalue weighted by Gasteiger charge is -2.15. The number of nitrogens with one attached hydrogen (secondary N) is 3. The Bertz CT molecular complexity index is 707. The van der Waals surface area contributed by atoms with Gasteiger partial charge < -0.3 is 31.8 Å². The van der Waals surface area contributed by atoms with Gasteiger partial charge in [0.2, 0.25) is 5.91 Å². The van der Waals surface area contributed by atoms with Crippen LogP contribution in [0.3, 0.4) is 0 Å². The van der Waals surface area contributed by atoms with Gasteiger partial charge in [-0.25, -0.2) is 4.39 Å². The molecule has 2 atom stereocenters. The highest BCUT2D eigenvalue weighted by Gasteiger charge is 2.14. The fraction of sp³-hybridized carbons (Fsp3) is 0.500. The summed E-state index contributed by atoms with van der Waals surface area (Å²) in [6.07, 6.45) is 1.57. The standard InChI is InChI=1S/C18H27BFN4O5/c1-11(9-24-17(26)13-6-5-12(19-29)8-14(13)20)23-10-16(25)22-7-3-2-4-15(21)18(27)28/h5-6,8,11,15,23,29H,2-4,7,9-10,21H2,1H3,(H,22,25)(H,24,26)(H,27,28). The second-order valence-corrected chi connectivity index (χ2v) is 6.65. The molecule has 0 saturated heterocycles. The molecule has 2 unspecified atom stereocenters. The average Bonchev–Trinajstić information content (AvgIpc) is 2.69. The molecule has 11 heteroatoms. The van der Waals surface area contributed by atoms with Crippen LogP contribution >= 0.6 is 0 Å². The van der Waals surface area contributed by atoms with Gasteiger partial charge in [0.05, 0.1) is 12.1 Å². The Labute approximate surface area is 169 Å². The Hall–Kier alpha value is -2.50. The third kappa shape index (κ3) is 9.50. The van der Waals surface area contributed by atoms with Crippen molar-refractivity contribution in [2.45, 2.75) is 38.3 Å². The van der Waals surface area contributed by atoms with Crippen LogP contribution in [-0.4, -0.2) is 67.1 Å². The van der Waals surface area contributed by atoms with Crippen LogP contribution in [0.25, 0.3) is 0 Å². The molecule has 1 aromatic rings. The van der Waals surface area contributed by atoms with Crippen LogP contribution in [0.5, 0.6) is 0 Å². The van der Waals surface area contributed by atoms with Gasteiger partial charge >= 0.3 is 13.5 Å². The fourth-order valence-electron chi connectivity index (χ4n) is 2.38. The average molecular weight is 409 g/mol. The number of benzene rings is 1. The smallest absolute Gasteiger partial charge is 0.326 e. The van der Waals surface area contributed by atoms with Crippen molar-refractivity contribution in [1.82, 2.24) is 16.0 Å². The van der Waals surface area contributed by atoms with E-state index in [1.165, 1.54) is 12.1 Å². The first kappa shape index (κ1) is 24.5. The van der Waals surface area contributed by atoms with Crippen molar-refractivity contribution in [3.8, 4) is 0 Å². The SMILES string of the molecule is CC(CNC(=O)c1ccc([B]O)cc1F)NCC(=O)NCCCCC(N)C(=O)O. The molecule has 29 heavy (non-hydrogen) atoms. The maximum absolute atomic E-state index is 13.8. The van der Waals surface area contributed by atoms with E-state index in [1.807, 2.05) is 0 Å². The number of hydrogen-bond donors (Lipinski definition) is 6. The highest BCUT2D eigenvalue weighted by Crippen LogP contribution is 2.04. The summed E-state index contributed by atoms with van der Waals surface area (Å²) in [5.74, 6) is -2.60. The molecule has 1 aromatic carbocycles. The molecule has 0 heterocycles. The van der Waals surface area contributed by atoms with E-state index in [0.717, 1.165) is 13.5 Å². The lowest BCUT2D eigenvalue weighted by molar-refractivity contribution is -0.138. The molecular formula is C18H27BFN4O5. The van der Waals surface area contributed by atoms with E-state index in [-0.39, 0.29) is 36.1 Å². The predicted molar refractivity (Wildman–Crippen MR) is 106 cm³/mol. The van der Waals surface area contributed by atoms with Gasteiger partial charge in [0.15, 0.2) is 0 Å². The molecule has 0 aromatic heterocycles. The van der Waals surface area contributed by atoms with Crippen molar-refractivity contribution < 1.29 is 28.9 Å². The zero-order valence-corrected chi connectivity index (χ0v) is 16.3. The molecule has 0 aliphatic rings. The van der Waals surface area contributed by atoms with Gasteiger partial charge in [-0.15, -0.1) is 0 Å². The van der Waals surface area contributed by atoms with Gasteiger partial charge in [-0.1, -0.05) is 11.5 Å². The molecular weight excluding hydrogens is 382 g/mol. The van der Waals surface area contributed by atoms with Crippen LogP contribution in [0, 0.1) is 5.82 Å². The summed E-state index contributed by atoms with van der Waals surface area (Å²) in [5, 5.41) is 25.7. The van der Waals surface area contributed by atoms with Crippen LogP contribution in [-0.2, 0) is 9.59 Å². The Morgan fingerprint density at radius 3 is 2.59 bits per heavy atom. The molecule has 0 fully saturated rings. The fourth-order valence-corrected chi connectivity index (χ4v) is 2.38. The van der Waals surface area contributed by atoms with Crippen molar-refractivity contribution in [3.05, 3.63) is 29.6 Å². The Balaban J connectivity index is 2.21. The van der Waals surface area contributed by atoms with Crippen molar-refractivity contribution in [1.29, 1.82) is 0 Å². The first-order chi connectivity index (χ1) is 13.7. The van der Waals surface area contributed by atoms with Crippen LogP contribution in [0.15, 0.2) is 18.2 Å². The molecule has 1 radical (unpaired) electrons. The van der Waals surface area contributed by atoms with Crippen LogP contribution in [0.2, 0.25) is 0 Å². The van der Waals surface area contributed by atoms with Gasteiger partial charge in [-0.2, -0.15) is 0 Å². The number of hydrogen-bond acceptors (Lipinski definition) is 6. The predicted octanol–water partition coefficient (Wildman–Crippen LogP) is -1.53. The monoisotopic (exact) mass is 409 g/mol. The van der Waals surface area contributed by atoms with Gasteiger partial charge in [-0.3, -0.25) is 14.4 Å². The van der Waals surface area contributed by atoms with Crippen LogP contribution < -0.4 is 27.1 Å². The van der Waals surface area contributed by atoms with E-state index in [0.29, 0.717) is 25.8 Å². The van der Waals surface area contributed by atoms with Gasteiger partial charge in [0.25, 0.3) is 5.91 Å². The number of nitrogens with two attached hydrogens (primary N) is 1. The topological polar surface area (TPSA) is 154 Å². The zero-order valence-electron chi connectivity index (χ0n) is 16.3. The third-order valence-corrected chi connectivity index (χ3v) is 4.15. The number of amides is 2. The third-order valence-electron chi connectivity index (χ3n) is 4.15. The maximum Gasteiger partial charge on any atom is 0.326 e. The number of carboxylic acid groups (broad SMARTS) is 1. The van der Waals surface area contributed by atoms with Crippen molar-refractivity contribution in [2.75, 3.05) is 19.6 Å². The van der Waals surface area contributed by atoms with Crippen LogP contribution in [0.4, 0.5) is 4.39 Å². The van der Waals surface area contributed by atoms with E-state index < -0.39 is 23.7 Å². The minimum absolute atomic E-state index is 0.0427. The number of rotatable bonds is 13. The maximum atomic E-state index is 13.8. The number of carbonyl (C=O) groups is 3. The number of halogens is 1. The summed E-state index contributed by atoms with van der Waals surface area (Å²) in [6.45, 7) is 2.41. The van der Waals surface area contributed by atoms with Crippen molar-refractivity contribution >= 4 is 30.7 Å². The Morgan fingerprint density at radius 2 is 1.97 bits per heavy atom. The highest BCUT2D eigenvalue weighted by molar-refractivity contribution is 6.45. The first-order valence-electron chi connectivity index (χ1n) is 9.28. The molecule has 0 saturated carbocycles. The van der Waals surface area contributed by atoms with E-state index in [9.17, 15) is 18.8 Å². The summed E-state index contributed by atoms with van der Waals surface area (Å²) in [4.78, 5) is 34.4. The quantitative estimate of drug-likeness (QED) is 0.171. The normalized spacial score (nSPS) is 12.7.